The molecule has 0 aromatic carbocycles. The van der Waals surface area contributed by atoms with E-state index in [0.29, 0.717) is 0 Å². The van der Waals surface area contributed by atoms with E-state index in [1.807, 2.05) is 0 Å². The Balaban J connectivity index is 2.08. The molecule has 0 spiro atoms. The number of hydrogen-bond acceptors (Lipinski definition) is 12. The van der Waals surface area contributed by atoms with Gasteiger partial charge in [-0.3, -0.25) is 4.55 Å². The van der Waals surface area contributed by atoms with Crippen molar-refractivity contribution in [3.63, 3.8) is 0 Å². The largest absolute Gasteiger partial charge is 0.397 e. The summed E-state index contributed by atoms with van der Waals surface area (Å²) in [6.07, 6.45) is -13.7. The molecule has 0 aromatic rings. The van der Waals surface area contributed by atoms with Crippen molar-refractivity contribution in [2.75, 3.05) is 19.8 Å². The highest BCUT2D eigenvalue weighted by Crippen LogP contribution is 2.28. The van der Waals surface area contributed by atoms with Gasteiger partial charge in [0, 0.05) is 0 Å². The molecule has 13 nitrogen and oxygen atoms in total. The number of aliphatic hydroxyl groups excluding tert-OH is 6. The minimum absolute atomic E-state index is 0.240. The number of hydrogen-bond donors (Lipinski definition) is 7. The minimum Gasteiger partial charge on any atom is -0.394 e. The Labute approximate surface area is 148 Å². The van der Waals surface area contributed by atoms with E-state index in [2.05, 4.69) is 4.18 Å². The van der Waals surface area contributed by atoms with Crippen LogP contribution in [0.5, 0.6) is 0 Å². The average Bonchev–Trinajstić information content (AvgIpc) is 2.93. The van der Waals surface area contributed by atoms with Crippen LogP contribution in [0.3, 0.4) is 0 Å². The van der Waals surface area contributed by atoms with Crippen LogP contribution in [0.25, 0.3) is 0 Å². The summed E-state index contributed by atoms with van der Waals surface area (Å²) in [6, 6.07) is 0. The topological polar surface area (TPSA) is 213 Å². The quantitative estimate of drug-likeness (QED) is 0.198. The lowest BCUT2D eigenvalue weighted by Gasteiger charge is -2.41. The van der Waals surface area contributed by atoms with Crippen LogP contribution in [0.2, 0.25) is 0 Å². The molecule has 0 amide bonds. The molecule has 154 valence electrons. The first-order chi connectivity index (χ1) is 12.0. The zero-order valence-electron chi connectivity index (χ0n) is 13.3. The molecular weight excluding hydrogens is 384 g/mol. The maximum atomic E-state index is 10.6. The van der Waals surface area contributed by atoms with E-state index in [1.54, 1.807) is 0 Å². The predicted molar refractivity (Wildman–Crippen MR) is 77.9 cm³/mol. The summed E-state index contributed by atoms with van der Waals surface area (Å²) in [5.41, 5.74) is 0. The van der Waals surface area contributed by atoms with Crippen molar-refractivity contribution in [2.24, 2.45) is 0 Å². The van der Waals surface area contributed by atoms with Crippen LogP contribution in [0.15, 0.2) is 0 Å². The Morgan fingerprint density at radius 2 is 1.77 bits per heavy atom. The lowest BCUT2D eigenvalue weighted by molar-refractivity contribution is -0.318. The van der Waals surface area contributed by atoms with Crippen LogP contribution in [-0.4, -0.2) is 119 Å². The number of rotatable bonds is 7. The zero-order valence-corrected chi connectivity index (χ0v) is 14.1. The van der Waals surface area contributed by atoms with Gasteiger partial charge < -0.3 is 44.8 Å². The van der Waals surface area contributed by atoms with Gasteiger partial charge in [-0.25, -0.2) is 4.18 Å². The van der Waals surface area contributed by atoms with Crippen LogP contribution in [0.1, 0.15) is 0 Å². The smallest absolute Gasteiger partial charge is 0.394 e. The van der Waals surface area contributed by atoms with Gasteiger partial charge in [0.2, 0.25) is 0 Å². The molecule has 7 N–H and O–H groups in total. The highest BCUT2D eigenvalue weighted by molar-refractivity contribution is 7.80. The second kappa shape index (κ2) is 8.68. The lowest BCUT2D eigenvalue weighted by atomic mass is 9.99. The van der Waals surface area contributed by atoms with E-state index in [4.69, 9.17) is 23.9 Å². The van der Waals surface area contributed by atoms with Gasteiger partial charge in [-0.1, -0.05) is 0 Å². The van der Waals surface area contributed by atoms with Crippen LogP contribution in [0.4, 0.5) is 0 Å². The summed E-state index contributed by atoms with van der Waals surface area (Å²) < 4.78 is 49.5. The first-order valence-corrected chi connectivity index (χ1v) is 8.97. The maximum absolute atomic E-state index is 10.6. The molecule has 9 atom stereocenters. The fourth-order valence-corrected chi connectivity index (χ4v) is 3.00. The fraction of sp³-hybridized carbons (Fsp3) is 1.00. The molecular formula is C12H22O13S. The van der Waals surface area contributed by atoms with Gasteiger partial charge in [0.05, 0.1) is 19.8 Å². The summed E-state index contributed by atoms with van der Waals surface area (Å²) in [4.78, 5) is 0. The first kappa shape index (κ1) is 21.8. The normalized spacial score (nSPS) is 42.7. The van der Waals surface area contributed by atoms with Crippen LogP contribution in [-0.2, 0) is 28.8 Å². The summed E-state index contributed by atoms with van der Waals surface area (Å²) in [6.45, 7) is -1.83. The van der Waals surface area contributed by atoms with Crippen molar-refractivity contribution >= 4 is 10.4 Å². The van der Waals surface area contributed by atoms with E-state index >= 15 is 0 Å². The molecule has 0 bridgehead atoms. The number of ether oxygens (including phenoxy) is 3. The standard InChI is InChI=1S/C12H22O13S/c13-1-4(14)10-11(5(15)2-22-10)25-12-9(18)8(17)7(16)6(24-12)3-23-26(19,20)21/h4-18H,1-3H2,(H,19,20,21)/t4-,5+,6-,7+,8+,9-,10+,11-,12+/m1/s1. The molecule has 2 aliphatic rings. The van der Waals surface area contributed by atoms with E-state index in [-0.39, 0.29) is 6.61 Å². The molecule has 2 saturated heterocycles. The van der Waals surface area contributed by atoms with Gasteiger partial charge in [0.1, 0.15) is 48.8 Å². The molecule has 2 heterocycles. The van der Waals surface area contributed by atoms with Gasteiger partial charge in [0.15, 0.2) is 6.29 Å². The van der Waals surface area contributed by atoms with Crippen molar-refractivity contribution in [1.29, 1.82) is 0 Å². The second-order valence-electron chi connectivity index (χ2n) is 5.94. The van der Waals surface area contributed by atoms with E-state index in [1.165, 1.54) is 0 Å². The third kappa shape index (κ3) is 5.06. The van der Waals surface area contributed by atoms with Crippen molar-refractivity contribution in [3.8, 4) is 0 Å². The van der Waals surface area contributed by atoms with Gasteiger partial charge in [-0.05, 0) is 0 Å². The SMILES string of the molecule is O=S(=O)(O)OC[C@H]1O[C@@H](O[C@H]2[C@H]([C@H](O)CO)OC[C@@H]2O)[C@H](O)[C@@H](O)[C@H]1O. The van der Waals surface area contributed by atoms with Crippen LogP contribution in [0, 0.1) is 0 Å². The molecule has 0 radical (unpaired) electrons. The van der Waals surface area contributed by atoms with Crippen molar-refractivity contribution in [2.45, 2.75) is 55.1 Å². The molecule has 2 rings (SSSR count). The molecule has 0 saturated carbocycles. The summed E-state index contributed by atoms with van der Waals surface area (Å²) in [5, 5.41) is 58.2. The second-order valence-corrected chi connectivity index (χ2v) is 7.03. The Kier molecular flexibility index (Phi) is 7.28. The zero-order chi connectivity index (χ0) is 19.6. The van der Waals surface area contributed by atoms with E-state index < -0.39 is 78.7 Å². The van der Waals surface area contributed by atoms with Crippen LogP contribution < -0.4 is 0 Å². The lowest BCUT2D eigenvalue weighted by Crippen LogP contribution is -2.61. The highest BCUT2D eigenvalue weighted by Gasteiger charge is 2.49. The monoisotopic (exact) mass is 406 g/mol. The molecule has 26 heavy (non-hydrogen) atoms. The third-order valence-corrected chi connectivity index (χ3v) is 4.50. The summed E-state index contributed by atoms with van der Waals surface area (Å²) >= 11 is 0. The Bertz CT molecular complexity index is 555. The Morgan fingerprint density at radius 1 is 1.12 bits per heavy atom. The fourth-order valence-electron chi connectivity index (χ4n) is 2.69. The van der Waals surface area contributed by atoms with E-state index in [0.717, 1.165) is 0 Å². The average molecular weight is 406 g/mol. The van der Waals surface area contributed by atoms with Crippen molar-refractivity contribution in [1.82, 2.24) is 0 Å². The molecule has 0 aliphatic carbocycles. The van der Waals surface area contributed by atoms with Gasteiger partial charge in [0.25, 0.3) is 0 Å². The summed E-state index contributed by atoms with van der Waals surface area (Å²) in [5.74, 6) is 0. The highest BCUT2D eigenvalue weighted by atomic mass is 32.3. The predicted octanol–water partition coefficient (Wildman–Crippen LogP) is -4.89. The Hall–Kier alpha value is -0.490. The van der Waals surface area contributed by atoms with Gasteiger partial charge in [-0.15, -0.1) is 0 Å². The molecule has 2 aliphatic heterocycles. The molecule has 2 fully saturated rings. The van der Waals surface area contributed by atoms with Crippen LogP contribution >= 0.6 is 0 Å². The maximum Gasteiger partial charge on any atom is 0.397 e. The number of aliphatic hydroxyl groups is 6. The van der Waals surface area contributed by atoms with Gasteiger partial charge >= 0.3 is 10.4 Å². The first-order valence-electron chi connectivity index (χ1n) is 7.60. The Morgan fingerprint density at radius 3 is 2.35 bits per heavy atom. The third-order valence-electron chi connectivity index (χ3n) is 4.07. The van der Waals surface area contributed by atoms with Gasteiger partial charge in [-0.2, -0.15) is 8.42 Å². The summed E-state index contributed by atoms with van der Waals surface area (Å²) in [7, 11) is -4.85. The van der Waals surface area contributed by atoms with Crippen molar-refractivity contribution < 1.29 is 62.0 Å². The molecule has 0 aromatic heterocycles. The van der Waals surface area contributed by atoms with Crippen molar-refractivity contribution in [3.05, 3.63) is 0 Å². The molecule has 0 unspecified atom stereocenters. The molecule has 14 heteroatoms. The van der Waals surface area contributed by atoms with E-state index in [9.17, 15) is 34.0 Å². The minimum atomic E-state index is -4.85.